The Morgan fingerprint density at radius 2 is 1.77 bits per heavy atom. The number of nitrogens with one attached hydrogen (secondary N) is 3. The number of anilines is 1. The summed E-state index contributed by atoms with van der Waals surface area (Å²) in [5.74, 6) is -2.98. The number of H-pyrrole nitrogens is 1. The number of aliphatic hydroxyl groups excluding tert-OH is 4. The zero-order valence-corrected chi connectivity index (χ0v) is 36.1. The van der Waals surface area contributed by atoms with Crippen LogP contribution in [0.4, 0.5) is 14.9 Å². The number of aliphatic hydroxyl groups is 4. The van der Waals surface area contributed by atoms with Gasteiger partial charge in [-0.05, 0) is 63.2 Å². The molecule has 0 saturated carbocycles. The lowest BCUT2D eigenvalue weighted by molar-refractivity contribution is -0.306. The zero-order chi connectivity index (χ0) is 46.3. The monoisotopic (exact) mass is 898 g/mol. The topological polar surface area (TPSA) is 276 Å². The number of benzene rings is 1. The summed E-state index contributed by atoms with van der Waals surface area (Å²) in [5, 5.41) is 50.9. The number of hydrogen-bond acceptors (Lipinski definition) is 15. The minimum absolute atomic E-state index is 0.0183. The van der Waals surface area contributed by atoms with E-state index in [1.54, 1.807) is 13.8 Å². The van der Waals surface area contributed by atoms with Crippen LogP contribution < -0.4 is 15.5 Å². The van der Waals surface area contributed by atoms with Crippen molar-refractivity contribution >= 4 is 47.0 Å². The average molecular weight is 899 g/mol. The van der Waals surface area contributed by atoms with Crippen LogP contribution in [0.2, 0.25) is 0 Å². The number of imide groups is 1. The van der Waals surface area contributed by atoms with Crippen molar-refractivity contribution in [3.05, 3.63) is 57.0 Å². The first-order valence-electron chi connectivity index (χ1n) is 21.4. The highest BCUT2D eigenvalue weighted by atomic mass is 19.1. The molecule has 4 fully saturated rings. The van der Waals surface area contributed by atoms with E-state index in [9.17, 15) is 53.7 Å². The van der Waals surface area contributed by atoms with Crippen LogP contribution in [0, 0.1) is 24.6 Å². The number of likely N-dealkylation sites (N-methyl/N-ethyl adjacent to an activating group) is 1. The molecule has 64 heavy (non-hydrogen) atoms. The number of rotatable bonds is 13. The van der Waals surface area contributed by atoms with Gasteiger partial charge in [0, 0.05) is 50.1 Å². The minimum Gasteiger partial charge on any atom is -0.394 e. The molecule has 2 aromatic rings. The van der Waals surface area contributed by atoms with Crippen molar-refractivity contribution in [2.75, 3.05) is 57.4 Å². The van der Waals surface area contributed by atoms with E-state index in [-0.39, 0.29) is 48.8 Å². The Balaban J connectivity index is 1.06. The summed E-state index contributed by atoms with van der Waals surface area (Å²) in [4.78, 5) is 89.1. The number of aromatic amines is 1. The van der Waals surface area contributed by atoms with Crippen molar-refractivity contribution in [2.24, 2.45) is 5.18 Å². The number of hydrogen-bond donors (Lipinski definition) is 7. The molecule has 348 valence electrons. The Morgan fingerprint density at radius 3 is 2.41 bits per heavy atom. The van der Waals surface area contributed by atoms with Crippen molar-refractivity contribution in [1.29, 1.82) is 0 Å². The summed E-state index contributed by atoms with van der Waals surface area (Å²) >= 11 is 0. The maximum absolute atomic E-state index is 14.8. The standard InChI is InChI=1S/C42H55FN8O13/c1-6-48(7-2)11-10-44-38(57)31-19(3)27(45-20(31)4)14-26-25-12-22(43)8-9-29(25)51(39(26)58)42(60)50-16-23-13-24(50)15-49(23)40(59)37-32(47-61)34(55)35(56)41(64-37)63-36-28(46-21(5)53)18-62-30(17-52)33(36)54/h8-9,12,14,23-24,28,30,32-37,41,45,52,54-56H,6-7,10-11,13,15-18H2,1-5H3,(H,44,57)(H,46,53)/b26-14-/t23-,24-,28+,30?,32?,33?,34?,35?,36?,37?,41?/m0/s1. The fourth-order valence-electron chi connectivity index (χ4n) is 9.44. The number of ether oxygens (including phenoxy) is 3. The van der Waals surface area contributed by atoms with Gasteiger partial charge >= 0.3 is 6.03 Å². The van der Waals surface area contributed by atoms with Gasteiger partial charge in [0.25, 0.3) is 17.7 Å². The van der Waals surface area contributed by atoms with Gasteiger partial charge in [-0.25, -0.2) is 14.1 Å². The summed E-state index contributed by atoms with van der Waals surface area (Å²) < 4.78 is 31.9. The normalized spacial score (nSPS) is 30.6. The van der Waals surface area contributed by atoms with E-state index in [0.717, 1.165) is 30.1 Å². The van der Waals surface area contributed by atoms with Crippen LogP contribution >= 0.6 is 0 Å². The Kier molecular flexibility index (Phi) is 14.0. The number of likely N-dealkylation sites (tertiary alicyclic amines) is 2. The highest BCUT2D eigenvalue weighted by Crippen LogP contribution is 2.42. The fourth-order valence-corrected chi connectivity index (χ4v) is 9.44. The molecule has 6 amide bonds. The van der Waals surface area contributed by atoms with Crippen molar-refractivity contribution in [2.45, 2.75) is 108 Å². The number of nitrogens with zero attached hydrogens (tertiary/aromatic N) is 5. The number of piperazine rings is 1. The first kappa shape index (κ1) is 46.8. The molecule has 21 nitrogen and oxygen atoms in total. The van der Waals surface area contributed by atoms with Crippen molar-refractivity contribution in [1.82, 2.24) is 30.3 Å². The number of amides is 6. The van der Waals surface area contributed by atoms with E-state index in [1.807, 2.05) is 13.8 Å². The first-order chi connectivity index (χ1) is 30.5. The van der Waals surface area contributed by atoms with Crippen LogP contribution in [0.1, 0.15) is 60.1 Å². The molecular formula is C42H55FN8O13. The number of fused-ring (bicyclic) bond motifs is 3. The fraction of sp³-hybridized carbons (Fsp3) is 0.595. The van der Waals surface area contributed by atoms with E-state index >= 15 is 0 Å². The number of carbonyl (C=O) groups is 5. The van der Waals surface area contributed by atoms with Crippen molar-refractivity contribution in [3.63, 3.8) is 0 Å². The molecule has 1 aromatic carbocycles. The summed E-state index contributed by atoms with van der Waals surface area (Å²) in [6.45, 7) is 10.6. The highest BCUT2D eigenvalue weighted by Gasteiger charge is 2.56. The van der Waals surface area contributed by atoms with Gasteiger partial charge < -0.3 is 65.0 Å². The molecule has 22 heteroatoms. The highest BCUT2D eigenvalue weighted by molar-refractivity contribution is 6.42. The average Bonchev–Trinajstić information content (AvgIpc) is 4.02. The van der Waals surface area contributed by atoms with Gasteiger partial charge in [0.15, 0.2) is 18.4 Å². The Morgan fingerprint density at radius 1 is 1.06 bits per heavy atom. The summed E-state index contributed by atoms with van der Waals surface area (Å²) in [7, 11) is 0. The molecule has 5 aliphatic heterocycles. The SMILES string of the molecule is CCN(CC)CCNC(=O)c1c(C)[nH]c(/C=C2\C(=O)N(C(=O)N3C[C@@H]4C[C@H]3CN4C(=O)C3OC(OC4C(O)C(CO)OC[C@H]4NC(C)=O)C(O)C(O)C3N=O)c3ccc(F)cc32)c1C. The second kappa shape index (κ2) is 19.1. The third-order valence-corrected chi connectivity index (χ3v) is 12.9. The maximum Gasteiger partial charge on any atom is 0.332 e. The zero-order valence-electron chi connectivity index (χ0n) is 36.1. The third-order valence-electron chi connectivity index (χ3n) is 12.9. The van der Waals surface area contributed by atoms with Gasteiger partial charge in [0.05, 0.1) is 48.2 Å². The van der Waals surface area contributed by atoms with Gasteiger partial charge in [0.2, 0.25) is 5.91 Å². The number of carbonyl (C=O) groups excluding carboxylic acids is 5. The lowest BCUT2D eigenvalue weighted by atomic mass is 9.94. The molecule has 1 aromatic heterocycles. The van der Waals surface area contributed by atoms with E-state index in [2.05, 4.69) is 25.7 Å². The summed E-state index contributed by atoms with van der Waals surface area (Å²) in [6.07, 6.45) is -9.82. The molecule has 4 saturated heterocycles. The van der Waals surface area contributed by atoms with Crippen LogP contribution in [0.15, 0.2) is 23.4 Å². The van der Waals surface area contributed by atoms with E-state index in [1.165, 1.54) is 28.9 Å². The number of halogens is 1. The van der Waals surface area contributed by atoms with E-state index in [0.29, 0.717) is 35.6 Å². The Hall–Kier alpha value is -5.20. The lowest BCUT2D eigenvalue weighted by Crippen LogP contribution is -2.66. The van der Waals surface area contributed by atoms with E-state index < -0.39 is 103 Å². The number of aryl methyl sites for hydroxylation is 1. The third kappa shape index (κ3) is 8.67. The summed E-state index contributed by atoms with van der Waals surface area (Å²) in [5.41, 5.74) is 2.28. The van der Waals surface area contributed by atoms with Crippen molar-refractivity contribution in [3.8, 4) is 0 Å². The second-order valence-corrected chi connectivity index (χ2v) is 16.7. The predicted octanol–water partition coefficient (Wildman–Crippen LogP) is -0.642. The van der Waals surface area contributed by atoms with E-state index in [4.69, 9.17) is 14.2 Å². The van der Waals surface area contributed by atoms with Gasteiger partial charge in [-0.3, -0.25) is 19.2 Å². The molecule has 0 aliphatic carbocycles. The van der Waals surface area contributed by atoms with Crippen LogP contribution in [0.3, 0.4) is 0 Å². The number of aromatic nitrogens is 1. The maximum atomic E-state index is 14.8. The molecule has 7 N–H and O–H groups in total. The largest absolute Gasteiger partial charge is 0.394 e. The first-order valence-corrected chi connectivity index (χ1v) is 21.4. The number of nitroso groups, excluding NO2 is 1. The molecule has 6 heterocycles. The quantitative estimate of drug-likeness (QED) is 0.0974. The molecule has 7 rings (SSSR count). The molecule has 0 spiro atoms. The van der Waals surface area contributed by atoms with Crippen LogP contribution in [-0.4, -0.2) is 189 Å². The smallest absolute Gasteiger partial charge is 0.332 e. The summed E-state index contributed by atoms with van der Waals surface area (Å²) in [6, 6.07) is -1.16. The molecule has 2 bridgehead atoms. The van der Waals surface area contributed by atoms with Crippen LogP contribution in [0.5, 0.6) is 0 Å². The van der Waals surface area contributed by atoms with Gasteiger partial charge in [-0.2, -0.15) is 4.91 Å². The van der Waals surface area contributed by atoms with Crippen LogP contribution in [-0.2, 0) is 28.6 Å². The van der Waals surface area contributed by atoms with Crippen LogP contribution in [0.25, 0.3) is 11.6 Å². The second-order valence-electron chi connectivity index (χ2n) is 16.7. The lowest BCUT2D eigenvalue weighted by Gasteiger charge is -2.45. The molecule has 5 aliphatic rings. The molecule has 8 unspecified atom stereocenters. The predicted molar refractivity (Wildman–Crippen MR) is 224 cm³/mol. The van der Waals surface area contributed by atoms with Gasteiger partial charge in [0.1, 0.15) is 36.3 Å². The molecule has 0 radical (unpaired) electrons. The Labute approximate surface area is 367 Å². The minimum atomic E-state index is -1.97. The molecular weight excluding hydrogens is 844 g/mol. The van der Waals surface area contributed by atoms with Gasteiger partial charge in [-0.15, -0.1) is 0 Å². The Bertz CT molecular complexity index is 2180. The molecule has 11 atom stereocenters. The van der Waals surface area contributed by atoms with Crippen molar-refractivity contribution < 1.29 is 63.0 Å². The number of urea groups is 1. The van der Waals surface area contributed by atoms with Gasteiger partial charge in [-0.1, -0.05) is 19.0 Å².